The highest BCUT2D eigenvalue weighted by molar-refractivity contribution is 5.88. The monoisotopic (exact) mass is 442 g/mol. The predicted octanol–water partition coefficient (Wildman–Crippen LogP) is 2.18. The molecule has 1 fully saturated rings. The molecule has 0 spiro atoms. The summed E-state index contributed by atoms with van der Waals surface area (Å²) < 4.78 is 1.60. The lowest BCUT2D eigenvalue weighted by molar-refractivity contribution is -0.133. The first kappa shape index (κ1) is 21.0. The van der Waals surface area contributed by atoms with E-state index in [-0.39, 0.29) is 12.5 Å². The maximum Gasteiger partial charge on any atom is 0.244 e. The number of hydrogen-bond acceptors (Lipinski definition) is 7. The molecule has 0 unspecified atom stereocenters. The Bertz CT molecular complexity index is 1210. The molecule has 9 nitrogen and oxygen atoms in total. The summed E-state index contributed by atoms with van der Waals surface area (Å²) in [5.41, 5.74) is 2.93. The summed E-state index contributed by atoms with van der Waals surface area (Å²) in [5, 5.41) is 12.6. The number of rotatable bonds is 7. The van der Waals surface area contributed by atoms with Gasteiger partial charge in [-0.05, 0) is 17.7 Å². The van der Waals surface area contributed by atoms with Gasteiger partial charge in [-0.3, -0.25) is 9.69 Å². The third-order valence-corrected chi connectivity index (χ3v) is 5.84. The molecule has 3 heterocycles. The van der Waals surface area contributed by atoms with Crippen molar-refractivity contribution in [1.29, 1.82) is 0 Å². The van der Waals surface area contributed by atoms with E-state index in [2.05, 4.69) is 54.8 Å². The van der Waals surface area contributed by atoms with E-state index >= 15 is 0 Å². The van der Waals surface area contributed by atoms with Gasteiger partial charge in [0.2, 0.25) is 5.91 Å². The number of anilines is 1. The minimum Gasteiger partial charge on any atom is -0.364 e. The smallest absolute Gasteiger partial charge is 0.244 e. The fraction of sp³-hybridized carbons (Fsp3) is 0.292. The van der Waals surface area contributed by atoms with Crippen molar-refractivity contribution in [2.45, 2.75) is 19.6 Å². The van der Waals surface area contributed by atoms with E-state index < -0.39 is 0 Å². The standard InChI is InChI=1S/C24H26N8O/c33-23(31-12-10-30(11-13-31)15-19-6-2-1-3-7-19)17-32-16-20(28-29-32)14-25-24-21-8-4-5-9-22(21)26-18-27-24/h1-9,16,18H,10-15,17H2,(H,25,26,27). The molecule has 4 aromatic rings. The first-order valence-corrected chi connectivity index (χ1v) is 11.1. The molecule has 0 aliphatic carbocycles. The van der Waals surface area contributed by atoms with Crippen LogP contribution in [0, 0.1) is 0 Å². The molecule has 0 atom stereocenters. The highest BCUT2D eigenvalue weighted by atomic mass is 16.2. The van der Waals surface area contributed by atoms with Gasteiger partial charge in [-0.15, -0.1) is 5.10 Å². The highest BCUT2D eigenvalue weighted by Gasteiger charge is 2.21. The van der Waals surface area contributed by atoms with Crippen LogP contribution in [0.15, 0.2) is 67.1 Å². The van der Waals surface area contributed by atoms with Gasteiger partial charge in [0, 0.05) is 38.1 Å². The van der Waals surface area contributed by atoms with Crippen LogP contribution in [0.2, 0.25) is 0 Å². The predicted molar refractivity (Wildman–Crippen MR) is 125 cm³/mol. The number of fused-ring (bicyclic) bond motifs is 1. The molecule has 5 rings (SSSR count). The van der Waals surface area contributed by atoms with Crippen molar-refractivity contribution >= 4 is 22.6 Å². The fourth-order valence-electron chi connectivity index (χ4n) is 4.05. The molecule has 9 heteroatoms. The Kier molecular flexibility index (Phi) is 6.21. The van der Waals surface area contributed by atoms with Crippen LogP contribution >= 0.6 is 0 Å². The molecule has 0 saturated carbocycles. The van der Waals surface area contributed by atoms with Crippen molar-refractivity contribution in [3.05, 3.63) is 78.4 Å². The van der Waals surface area contributed by atoms with Gasteiger partial charge in [0.05, 0.1) is 18.3 Å². The average molecular weight is 443 g/mol. The number of amides is 1. The molecule has 1 N–H and O–H groups in total. The molecule has 2 aromatic carbocycles. The van der Waals surface area contributed by atoms with Gasteiger partial charge >= 0.3 is 0 Å². The number of nitrogens with zero attached hydrogens (tertiary/aromatic N) is 7. The fourth-order valence-corrected chi connectivity index (χ4v) is 4.05. The molecular formula is C24H26N8O. The number of para-hydroxylation sites is 1. The molecule has 0 bridgehead atoms. The topological polar surface area (TPSA) is 92.1 Å². The molecule has 1 saturated heterocycles. The minimum absolute atomic E-state index is 0.0700. The number of hydrogen-bond donors (Lipinski definition) is 1. The van der Waals surface area contributed by atoms with Crippen LogP contribution in [0.5, 0.6) is 0 Å². The first-order chi connectivity index (χ1) is 16.2. The Hall–Kier alpha value is -3.85. The zero-order valence-corrected chi connectivity index (χ0v) is 18.3. The maximum atomic E-state index is 12.8. The highest BCUT2D eigenvalue weighted by Crippen LogP contribution is 2.18. The Morgan fingerprint density at radius 1 is 0.939 bits per heavy atom. The van der Waals surface area contributed by atoms with Crippen molar-refractivity contribution in [3.8, 4) is 0 Å². The van der Waals surface area contributed by atoms with Gasteiger partial charge < -0.3 is 10.2 Å². The van der Waals surface area contributed by atoms with Crippen LogP contribution in [0.25, 0.3) is 10.9 Å². The third kappa shape index (κ3) is 5.15. The van der Waals surface area contributed by atoms with Crippen LogP contribution in [0.3, 0.4) is 0 Å². The van der Waals surface area contributed by atoms with Gasteiger partial charge in [0.1, 0.15) is 24.4 Å². The summed E-state index contributed by atoms with van der Waals surface area (Å²) in [6.07, 6.45) is 3.35. The molecule has 0 radical (unpaired) electrons. The Balaban J connectivity index is 1.11. The lowest BCUT2D eigenvalue weighted by Crippen LogP contribution is -2.49. The Labute approximate surface area is 192 Å². The minimum atomic E-state index is 0.0700. The van der Waals surface area contributed by atoms with E-state index in [1.165, 1.54) is 5.56 Å². The third-order valence-electron chi connectivity index (χ3n) is 5.84. The molecule has 1 amide bonds. The number of benzene rings is 2. The zero-order chi connectivity index (χ0) is 22.5. The lowest BCUT2D eigenvalue weighted by Gasteiger charge is -2.34. The Morgan fingerprint density at radius 3 is 2.58 bits per heavy atom. The van der Waals surface area contributed by atoms with Crippen molar-refractivity contribution in [3.63, 3.8) is 0 Å². The van der Waals surface area contributed by atoms with Gasteiger partial charge in [0.25, 0.3) is 0 Å². The van der Waals surface area contributed by atoms with E-state index in [1.807, 2.05) is 35.2 Å². The lowest BCUT2D eigenvalue weighted by atomic mass is 10.2. The van der Waals surface area contributed by atoms with Crippen LogP contribution in [0.1, 0.15) is 11.3 Å². The van der Waals surface area contributed by atoms with E-state index in [1.54, 1.807) is 17.2 Å². The second-order valence-corrected chi connectivity index (χ2v) is 8.14. The van der Waals surface area contributed by atoms with Crippen molar-refractivity contribution in [2.24, 2.45) is 0 Å². The van der Waals surface area contributed by atoms with E-state index in [9.17, 15) is 4.79 Å². The van der Waals surface area contributed by atoms with E-state index in [4.69, 9.17) is 0 Å². The zero-order valence-electron chi connectivity index (χ0n) is 18.3. The number of carbonyl (C=O) groups excluding carboxylic acids is 1. The van der Waals surface area contributed by atoms with Gasteiger partial charge in [-0.1, -0.05) is 47.7 Å². The van der Waals surface area contributed by atoms with Crippen molar-refractivity contribution in [2.75, 3.05) is 31.5 Å². The van der Waals surface area contributed by atoms with Gasteiger partial charge in [-0.2, -0.15) is 0 Å². The maximum absolute atomic E-state index is 12.8. The van der Waals surface area contributed by atoms with Crippen molar-refractivity contribution < 1.29 is 4.79 Å². The van der Waals surface area contributed by atoms with Crippen LogP contribution < -0.4 is 5.32 Å². The van der Waals surface area contributed by atoms with Crippen molar-refractivity contribution in [1.82, 2.24) is 34.8 Å². The number of nitrogens with one attached hydrogen (secondary N) is 1. The normalized spacial score (nSPS) is 14.5. The van der Waals surface area contributed by atoms with Crippen LogP contribution in [-0.2, 0) is 24.4 Å². The van der Waals surface area contributed by atoms with E-state index in [0.717, 1.165) is 55.1 Å². The van der Waals surface area contributed by atoms with Crippen LogP contribution in [-0.4, -0.2) is 66.8 Å². The van der Waals surface area contributed by atoms with Crippen LogP contribution in [0.4, 0.5) is 5.82 Å². The van der Waals surface area contributed by atoms with E-state index in [0.29, 0.717) is 6.54 Å². The summed E-state index contributed by atoms with van der Waals surface area (Å²) in [6.45, 7) is 4.80. The number of carbonyl (C=O) groups is 1. The molecule has 2 aromatic heterocycles. The summed E-state index contributed by atoms with van der Waals surface area (Å²) in [7, 11) is 0. The molecule has 1 aliphatic heterocycles. The summed E-state index contributed by atoms with van der Waals surface area (Å²) in [5.74, 6) is 0.820. The number of piperazine rings is 1. The first-order valence-electron chi connectivity index (χ1n) is 11.1. The van der Waals surface area contributed by atoms with Gasteiger partial charge in [-0.25, -0.2) is 14.6 Å². The molecule has 1 aliphatic rings. The van der Waals surface area contributed by atoms with Gasteiger partial charge in [0.15, 0.2) is 0 Å². The largest absolute Gasteiger partial charge is 0.364 e. The number of aromatic nitrogens is 5. The summed E-state index contributed by atoms with van der Waals surface area (Å²) >= 11 is 0. The summed E-state index contributed by atoms with van der Waals surface area (Å²) in [6, 6.07) is 18.3. The summed E-state index contributed by atoms with van der Waals surface area (Å²) in [4.78, 5) is 25.7. The SMILES string of the molecule is O=C(Cn1cc(CNc2ncnc3ccccc23)nn1)N1CCN(Cc2ccccc2)CC1. The second kappa shape index (κ2) is 9.74. The average Bonchev–Trinajstić information content (AvgIpc) is 3.31. The second-order valence-electron chi connectivity index (χ2n) is 8.14. The molecule has 33 heavy (non-hydrogen) atoms. The molecule has 168 valence electrons. The molecular weight excluding hydrogens is 416 g/mol. The quantitative estimate of drug-likeness (QED) is 0.469. The Morgan fingerprint density at radius 2 is 1.73 bits per heavy atom.